The van der Waals surface area contributed by atoms with Gasteiger partial charge in [-0.2, -0.15) is 0 Å². The van der Waals surface area contributed by atoms with E-state index in [0.29, 0.717) is 0 Å². The molecule has 0 atom stereocenters. The topological polar surface area (TPSA) is 26.3 Å². The van der Waals surface area contributed by atoms with Gasteiger partial charge in [0.05, 0.1) is 0 Å². The fraction of sp³-hybridized carbons (Fsp3) is 0.800. The van der Waals surface area contributed by atoms with Crippen LogP contribution >= 0.6 is 0 Å². The van der Waals surface area contributed by atoms with Crippen LogP contribution in [0.1, 0.15) is 6.92 Å². The van der Waals surface area contributed by atoms with Crippen molar-refractivity contribution in [3.8, 4) is 0 Å². The third kappa shape index (κ3) is 6.35. The summed E-state index contributed by atoms with van der Waals surface area (Å²) in [5.74, 6) is -0.131. The van der Waals surface area contributed by atoms with Crippen molar-refractivity contribution in [3.05, 3.63) is 0 Å². The zero-order valence-corrected chi connectivity index (χ0v) is 8.27. The fourth-order valence-electron chi connectivity index (χ4n) is 0.431. The van der Waals surface area contributed by atoms with Gasteiger partial charge in [-0.1, -0.05) is 0 Å². The molecule has 0 saturated carbocycles. The van der Waals surface area contributed by atoms with E-state index < -0.39 is 20.7 Å². The molecule has 0 heterocycles. The summed E-state index contributed by atoms with van der Waals surface area (Å²) < 4.78 is 11.2. The summed E-state index contributed by atoms with van der Waals surface area (Å²) in [6.45, 7) is 1.46. The van der Waals surface area contributed by atoms with Gasteiger partial charge in [0, 0.05) is 0 Å². The molecular weight excluding hydrogens is 183 g/mol. The van der Waals surface area contributed by atoms with Crippen molar-refractivity contribution >= 4 is 5.97 Å². The van der Waals surface area contributed by atoms with Crippen LogP contribution in [-0.2, 0) is 28.3 Å². The Morgan fingerprint density at radius 3 is 1.75 bits per heavy atom. The van der Waals surface area contributed by atoms with Gasteiger partial charge < -0.3 is 0 Å². The van der Waals surface area contributed by atoms with Gasteiger partial charge in [0.15, 0.2) is 0 Å². The van der Waals surface area contributed by atoms with Crippen molar-refractivity contribution in [2.24, 2.45) is 0 Å². The van der Waals surface area contributed by atoms with E-state index in [1.807, 2.05) is 0 Å². The van der Waals surface area contributed by atoms with Crippen LogP contribution in [0, 0.1) is 0 Å². The Labute approximate surface area is 55.2 Å². The van der Waals surface area contributed by atoms with Gasteiger partial charge in [-0.05, 0) is 0 Å². The second kappa shape index (κ2) is 2.77. The maximum atomic E-state index is 10.3. The summed E-state index contributed by atoms with van der Waals surface area (Å²) in [4.78, 5) is 10.3. The Morgan fingerprint density at radius 2 is 1.75 bits per heavy atom. The number of carbonyl (C=O) groups is 1. The first kappa shape index (κ1) is 8.35. The van der Waals surface area contributed by atoms with Gasteiger partial charge in [0.1, 0.15) is 0 Å². The molecule has 0 radical (unpaired) electrons. The Bertz CT molecular complexity index is 93.1. The predicted molar refractivity (Wildman–Crippen MR) is 29.4 cm³/mol. The van der Waals surface area contributed by atoms with E-state index in [1.54, 1.807) is 0 Å². The number of carbonyl (C=O) groups excluding carboxylic acids is 1. The average Bonchev–Trinajstić information content (AvgIpc) is 1.21. The quantitative estimate of drug-likeness (QED) is 0.637. The van der Waals surface area contributed by atoms with Crippen LogP contribution in [-0.4, -0.2) is 5.97 Å². The molecule has 0 N–H and O–H groups in total. The van der Waals surface area contributed by atoms with E-state index in [2.05, 4.69) is 13.9 Å². The predicted octanol–water partition coefficient (Wildman–Crippen LogP) is 1.76. The molecule has 0 aliphatic carbocycles. The van der Waals surface area contributed by atoms with E-state index in [0.717, 1.165) is 0 Å². The molecule has 0 rings (SSSR count). The van der Waals surface area contributed by atoms with Crippen molar-refractivity contribution in [1.29, 1.82) is 0 Å². The zero-order chi connectivity index (χ0) is 6.78. The van der Waals surface area contributed by atoms with Gasteiger partial charge in [0.2, 0.25) is 0 Å². The Hall–Kier alpha value is 0.353. The molecule has 8 heavy (non-hydrogen) atoms. The first-order valence-electron chi connectivity index (χ1n) is 2.61. The first-order chi connectivity index (χ1) is 3.42. The second-order valence-electron chi connectivity index (χ2n) is 2.71. The summed E-state index contributed by atoms with van der Waals surface area (Å²) in [6.07, 6.45) is 0. The summed E-state index contributed by atoms with van der Waals surface area (Å²) in [6, 6.07) is 0. The van der Waals surface area contributed by atoms with E-state index >= 15 is 0 Å². The summed E-state index contributed by atoms with van der Waals surface area (Å²) in [5, 5.41) is 0. The molecule has 0 aromatic carbocycles. The van der Waals surface area contributed by atoms with Crippen molar-refractivity contribution in [2.75, 3.05) is 0 Å². The van der Waals surface area contributed by atoms with Crippen LogP contribution in [0.2, 0.25) is 13.9 Å². The molecule has 48 valence electrons. The van der Waals surface area contributed by atoms with Gasteiger partial charge in [-0.15, -0.1) is 0 Å². The van der Waals surface area contributed by atoms with Crippen LogP contribution in [0.3, 0.4) is 0 Å². The molecule has 0 amide bonds. The molecule has 0 unspecified atom stereocenters. The van der Waals surface area contributed by atoms with Crippen LogP contribution < -0.4 is 0 Å². The van der Waals surface area contributed by atoms with Gasteiger partial charge in [-0.3, -0.25) is 0 Å². The monoisotopic (exact) mass is 194 g/mol. The van der Waals surface area contributed by atoms with Crippen LogP contribution in [0.5, 0.6) is 0 Å². The van der Waals surface area contributed by atoms with Crippen molar-refractivity contribution in [3.63, 3.8) is 0 Å². The second-order valence-corrected chi connectivity index (χ2v) is 13.6. The van der Waals surface area contributed by atoms with Crippen molar-refractivity contribution < 1.29 is 28.3 Å². The summed E-state index contributed by atoms with van der Waals surface area (Å²) >= 11 is -2.21. The zero-order valence-electron chi connectivity index (χ0n) is 5.82. The molecule has 0 spiro atoms. The molecule has 0 aromatic rings. The molecule has 0 saturated heterocycles. The minimum atomic E-state index is -2.21. The average molecular weight is 195 g/mol. The molecular formula is C5H12O2Zr. The summed E-state index contributed by atoms with van der Waals surface area (Å²) in [5.41, 5.74) is 0. The Balaban J connectivity index is 3.55. The van der Waals surface area contributed by atoms with Gasteiger partial charge in [-0.25, -0.2) is 0 Å². The Kier molecular flexibility index (Phi) is 2.89. The number of rotatable bonds is 1. The third-order valence-corrected chi connectivity index (χ3v) is 2.66. The molecule has 2 nitrogen and oxygen atoms in total. The van der Waals surface area contributed by atoms with Crippen LogP contribution in [0.15, 0.2) is 0 Å². The molecule has 0 aromatic heterocycles. The van der Waals surface area contributed by atoms with E-state index in [4.69, 9.17) is 2.81 Å². The van der Waals surface area contributed by atoms with Gasteiger partial charge in [0.25, 0.3) is 0 Å². The maximum absolute atomic E-state index is 10.3. The normalized spacial score (nSPS) is 11.0. The van der Waals surface area contributed by atoms with Gasteiger partial charge >= 0.3 is 55.1 Å². The number of hydrogen-bond acceptors (Lipinski definition) is 2. The fourth-order valence-corrected chi connectivity index (χ4v) is 2.55. The number of hydrogen-bond donors (Lipinski definition) is 0. The standard InChI is InChI=1S/C2H4O2.3CH3.Zr/c1-2(3)4;;;;/h1H3,(H,3,4);3*1H3;/q;;;;+1/p-1. The van der Waals surface area contributed by atoms with Crippen molar-refractivity contribution in [2.45, 2.75) is 20.8 Å². The first-order valence-corrected chi connectivity index (χ1v) is 11.0. The van der Waals surface area contributed by atoms with Crippen LogP contribution in [0.25, 0.3) is 0 Å². The molecule has 0 bridgehead atoms. The summed E-state index contributed by atoms with van der Waals surface area (Å²) in [7, 11) is 0. The minimum absolute atomic E-state index is 0.131. The third-order valence-electron chi connectivity index (χ3n) is 0.450. The molecule has 0 fully saturated rings. The molecule has 0 aliphatic heterocycles. The van der Waals surface area contributed by atoms with E-state index in [1.165, 1.54) is 6.92 Å². The van der Waals surface area contributed by atoms with Crippen LogP contribution in [0.4, 0.5) is 0 Å². The molecule has 0 aliphatic rings. The molecule has 3 heteroatoms. The SMILES string of the molecule is CC(=O)[O][Zr]([CH3])([CH3])[CH3]. The van der Waals surface area contributed by atoms with Crippen molar-refractivity contribution in [1.82, 2.24) is 0 Å². The van der Waals surface area contributed by atoms with E-state index in [-0.39, 0.29) is 5.97 Å². The van der Waals surface area contributed by atoms with E-state index in [9.17, 15) is 4.79 Å². The Morgan fingerprint density at radius 1 is 1.38 bits per heavy atom.